The number of aryl methyl sites for hydroxylation is 3. The first kappa shape index (κ1) is 14.2. The second-order valence-electron chi connectivity index (χ2n) is 4.62. The summed E-state index contributed by atoms with van der Waals surface area (Å²) in [5.41, 5.74) is 10.3. The third kappa shape index (κ3) is 3.54. The van der Waals surface area contributed by atoms with Crippen LogP contribution in [0.15, 0.2) is 12.1 Å². The number of sulfone groups is 1. The van der Waals surface area contributed by atoms with Crippen molar-refractivity contribution in [2.75, 3.05) is 11.5 Å². The van der Waals surface area contributed by atoms with Gasteiger partial charge in [0.25, 0.3) is 0 Å². The van der Waals surface area contributed by atoms with Gasteiger partial charge in [-0.2, -0.15) is 0 Å². The SMILES string of the molecule is CCS(=O)(=O)CC(N)c1c(C)cc(C)cc1C. The summed E-state index contributed by atoms with van der Waals surface area (Å²) in [5, 5.41) is 0. The molecule has 0 saturated carbocycles. The Morgan fingerprint density at radius 2 is 1.65 bits per heavy atom. The predicted octanol–water partition coefficient (Wildman–Crippen LogP) is 2.05. The van der Waals surface area contributed by atoms with E-state index in [0.717, 1.165) is 16.7 Å². The van der Waals surface area contributed by atoms with Crippen molar-refractivity contribution in [2.45, 2.75) is 33.7 Å². The second-order valence-corrected chi connectivity index (χ2v) is 7.02. The highest BCUT2D eigenvalue weighted by Crippen LogP contribution is 2.23. The summed E-state index contributed by atoms with van der Waals surface area (Å²) in [5.74, 6) is 0.166. The fourth-order valence-corrected chi connectivity index (χ4v) is 3.20. The molecule has 96 valence electrons. The standard InChI is InChI=1S/C13H21NO2S/c1-5-17(15,16)8-12(14)13-10(3)6-9(2)7-11(13)4/h6-7,12H,5,8,14H2,1-4H3. The highest BCUT2D eigenvalue weighted by Gasteiger charge is 2.19. The van der Waals surface area contributed by atoms with Gasteiger partial charge in [0.05, 0.1) is 5.75 Å². The van der Waals surface area contributed by atoms with E-state index >= 15 is 0 Å². The minimum absolute atomic E-state index is 0.0221. The lowest BCUT2D eigenvalue weighted by molar-refractivity contribution is 0.589. The van der Waals surface area contributed by atoms with Crippen LogP contribution in [-0.2, 0) is 9.84 Å². The van der Waals surface area contributed by atoms with Crippen LogP contribution in [0.5, 0.6) is 0 Å². The number of nitrogens with two attached hydrogens (primary N) is 1. The Kier molecular flexibility index (Phi) is 4.33. The molecule has 1 unspecified atom stereocenters. The van der Waals surface area contributed by atoms with Crippen molar-refractivity contribution in [1.82, 2.24) is 0 Å². The lowest BCUT2D eigenvalue weighted by Crippen LogP contribution is -2.24. The fraction of sp³-hybridized carbons (Fsp3) is 0.538. The smallest absolute Gasteiger partial charge is 0.151 e. The molecule has 0 aliphatic heterocycles. The number of benzene rings is 1. The summed E-state index contributed by atoms with van der Waals surface area (Å²) in [6.07, 6.45) is 0. The topological polar surface area (TPSA) is 60.2 Å². The van der Waals surface area contributed by atoms with E-state index in [4.69, 9.17) is 5.73 Å². The van der Waals surface area contributed by atoms with Crippen molar-refractivity contribution in [3.8, 4) is 0 Å². The highest BCUT2D eigenvalue weighted by molar-refractivity contribution is 7.91. The molecule has 0 bridgehead atoms. The molecule has 0 aliphatic carbocycles. The van der Waals surface area contributed by atoms with E-state index in [-0.39, 0.29) is 11.5 Å². The maximum absolute atomic E-state index is 11.6. The summed E-state index contributed by atoms with van der Waals surface area (Å²) in [4.78, 5) is 0. The van der Waals surface area contributed by atoms with E-state index in [1.54, 1.807) is 6.92 Å². The van der Waals surface area contributed by atoms with E-state index in [1.807, 2.05) is 32.9 Å². The quantitative estimate of drug-likeness (QED) is 0.895. The Hall–Kier alpha value is -0.870. The summed E-state index contributed by atoms with van der Waals surface area (Å²) in [7, 11) is -3.04. The molecule has 4 heteroatoms. The van der Waals surface area contributed by atoms with Crippen LogP contribution in [0.3, 0.4) is 0 Å². The van der Waals surface area contributed by atoms with Gasteiger partial charge in [0.1, 0.15) is 0 Å². The Bertz CT molecular complexity index is 483. The minimum Gasteiger partial charge on any atom is -0.323 e. The zero-order valence-corrected chi connectivity index (χ0v) is 11.8. The Morgan fingerprint density at radius 3 is 2.06 bits per heavy atom. The first-order valence-electron chi connectivity index (χ1n) is 5.80. The van der Waals surface area contributed by atoms with Gasteiger partial charge >= 0.3 is 0 Å². The Balaban J connectivity index is 3.09. The number of hydrogen-bond acceptors (Lipinski definition) is 3. The van der Waals surface area contributed by atoms with Crippen LogP contribution in [0.2, 0.25) is 0 Å². The lowest BCUT2D eigenvalue weighted by atomic mass is 9.95. The maximum atomic E-state index is 11.6. The van der Waals surface area contributed by atoms with Gasteiger partial charge in [0.15, 0.2) is 9.84 Å². The van der Waals surface area contributed by atoms with Crippen LogP contribution in [-0.4, -0.2) is 19.9 Å². The summed E-state index contributed by atoms with van der Waals surface area (Å²) >= 11 is 0. The fourth-order valence-electron chi connectivity index (χ4n) is 2.25. The summed E-state index contributed by atoms with van der Waals surface area (Å²) in [6, 6.07) is 3.65. The van der Waals surface area contributed by atoms with Crippen molar-refractivity contribution < 1.29 is 8.42 Å². The molecule has 1 aromatic carbocycles. The average molecular weight is 255 g/mol. The minimum atomic E-state index is -3.04. The highest BCUT2D eigenvalue weighted by atomic mass is 32.2. The molecule has 0 heterocycles. The molecule has 2 N–H and O–H groups in total. The van der Waals surface area contributed by atoms with Crippen molar-refractivity contribution in [3.05, 3.63) is 34.4 Å². The van der Waals surface area contributed by atoms with Gasteiger partial charge in [0, 0.05) is 11.8 Å². The summed E-state index contributed by atoms with van der Waals surface area (Å²) < 4.78 is 23.2. The van der Waals surface area contributed by atoms with Crippen molar-refractivity contribution in [2.24, 2.45) is 5.73 Å². The second kappa shape index (κ2) is 5.19. The van der Waals surface area contributed by atoms with Crippen LogP contribution in [0.4, 0.5) is 0 Å². The maximum Gasteiger partial charge on any atom is 0.151 e. The molecule has 0 radical (unpaired) electrons. The molecule has 0 fully saturated rings. The van der Waals surface area contributed by atoms with Crippen molar-refractivity contribution >= 4 is 9.84 Å². The molecule has 0 aliphatic rings. The first-order chi connectivity index (χ1) is 7.76. The van der Waals surface area contributed by atoms with Gasteiger partial charge in [0.2, 0.25) is 0 Å². The Morgan fingerprint density at radius 1 is 1.18 bits per heavy atom. The monoisotopic (exact) mass is 255 g/mol. The van der Waals surface area contributed by atoms with Crippen LogP contribution in [0.1, 0.15) is 35.2 Å². The zero-order valence-electron chi connectivity index (χ0n) is 10.9. The van der Waals surface area contributed by atoms with Gasteiger partial charge in [-0.3, -0.25) is 0 Å². The molecule has 1 atom stereocenters. The third-order valence-electron chi connectivity index (χ3n) is 2.98. The van der Waals surface area contributed by atoms with Crippen molar-refractivity contribution in [3.63, 3.8) is 0 Å². The molecule has 3 nitrogen and oxygen atoms in total. The van der Waals surface area contributed by atoms with Crippen LogP contribution in [0, 0.1) is 20.8 Å². The van der Waals surface area contributed by atoms with E-state index in [1.165, 1.54) is 5.56 Å². The van der Waals surface area contributed by atoms with Gasteiger partial charge in [-0.1, -0.05) is 24.6 Å². The van der Waals surface area contributed by atoms with Crippen LogP contribution in [0.25, 0.3) is 0 Å². The number of hydrogen-bond donors (Lipinski definition) is 1. The number of rotatable bonds is 4. The molecule has 0 spiro atoms. The van der Waals surface area contributed by atoms with Gasteiger partial charge in [-0.05, 0) is 37.5 Å². The molecule has 17 heavy (non-hydrogen) atoms. The van der Waals surface area contributed by atoms with Crippen LogP contribution < -0.4 is 5.73 Å². The van der Waals surface area contributed by atoms with E-state index in [9.17, 15) is 8.42 Å². The van der Waals surface area contributed by atoms with E-state index in [0.29, 0.717) is 0 Å². The van der Waals surface area contributed by atoms with Crippen LogP contribution >= 0.6 is 0 Å². The molecule has 0 aromatic heterocycles. The molecule has 1 rings (SSSR count). The van der Waals surface area contributed by atoms with Gasteiger partial charge < -0.3 is 5.73 Å². The Labute approximate surface area is 104 Å². The molecular formula is C13H21NO2S. The normalized spacial score (nSPS) is 13.7. The van der Waals surface area contributed by atoms with Gasteiger partial charge in [-0.15, -0.1) is 0 Å². The molecule has 1 aromatic rings. The summed E-state index contributed by atoms with van der Waals surface area (Å²) in [6.45, 7) is 7.64. The molecular weight excluding hydrogens is 234 g/mol. The predicted molar refractivity (Wildman–Crippen MR) is 71.9 cm³/mol. The average Bonchev–Trinajstić information content (AvgIpc) is 2.14. The van der Waals surface area contributed by atoms with Gasteiger partial charge in [-0.25, -0.2) is 8.42 Å². The van der Waals surface area contributed by atoms with Crippen molar-refractivity contribution in [1.29, 1.82) is 0 Å². The first-order valence-corrected chi connectivity index (χ1v) is 7.62. The molecule has 0 saturated heterocycles. The van der Waals surface area contributed by atoms with E-state index in [2.05, 4.69) is 0 Å². The lowest BCUT2D eigenvalue weighted by Gasteiger charge is -2.18. The van der Waals surface area contributed by atoms with E-state index < -0.39 is 15.9 Å². The largest absolute Gasteiger partial charge is 0.323 e. The molecule has 0 amide bonds. The zero-order chi connectivity index (χ0) is 13.2. The third-order valence-corrected chi connectivity index (χ3v) is 4.73.